The van der Waals surface area contributed by atoms with Gasteiger partial charge < -0.3 is 25.0 Å². The van der Waals surface area contributed by atoms with Crippen molar-refractivity contribution in [3.63, 3.8) is 0 Å². The molecule has 2 aromatic heterocycles. The van der Waals surface area contributed by atoms with Crippen LogP contribution in [0.5, 0.6) is 0 Å². The second kappa shape index (κ2) is 13.7. The summed E-state index contributed by atoms with van der Waals surface area (Å²) >= 11 is 0. The molecule has 2 saturated heterocycles. The summed E-state index contributed by atoms with van der Waals surface area (Å²) < 4.78 is 14.7. The summed E-state index contributed by atoms with van der Waals surface area (Å²) in [5.41, 5.74) is 7.66. The molecule has 0 unspecified atom stereocenters. The molecule has 0 atom stereocenters. The van der Waals surface area contributed by atoms with Crippen molar-refractivity contribution in [2.75, 3.05) is 31.9 Å². The van der Waals surface area contributed by atoms with Crippen LogP contribution in [0.25, 0.3) is 21.8 Å². The van der Waals surface area contributed by atoms with E-state index in [0.717, 1.165) is 47.8 Å². The molecule has 14 heteroatoms. The van der Waals surface area contributed by atoms with Gasteiger partial charge in [-0.3, -0.25) is 19.5 Å². The highest BCUT2D eigenvalue weighted by Crippen LogP contribution is 2.31. The fourth-order valence-electron chi connectivity index (χ4n) is 6.13. The Morgan fingerprint density at radius 3 is 1.60 bits per heavy atom. The number of fused-ring (bicyclic) bond motifs is 2. The predicted octanol–water partition coefficient (Wildman–Crippen LogP) is 6.71. The van der Waals surface area contributed by atoms with Crippen molar-refractivity contribution >= 4 is 45.4 Å². The molecule has 0 aliphatic carbocycles. The van der Waals surface area contributed by atoms with Gasteiger partial charge in [0.15, 0.2) is 0 Å². The van der Waals surface area contributed by atoms with Crippen LogP contribution in [0.1, 0.15) is 79.3 Å². The Morgan fingerprint density at radius 1 is 0.750 bits per heavy atom. The molecule has 4 heterocycles. The van der Waals surface area contributed by atoms with Crippen molar-refractivity contribution in [2.24, 2.45) is 0 Å². The van der Waals surface area contributed by atoms with Gasteiger partial charge in [-0.2, -0.15) is 10.2 Å². The van der Waals surface area contributed by atoms with Crippen LogP contribution >= 0.6 is 0 Å². The Kier molecular flexibility index (Phi) is 9.83. The Labute approximate surface area is 279 Å². The van der Waals surface area contributed by atoms with Gasteiger partial charge in [0.1, 0.15) is 11.2 Å². The molecule has 48 heavy (non-hydrogen) atoms. The lowest BCUT2D eigenvalue weighted by atomic mass is 10.1. The SMILES string of the molecule is CC(C)(C)OC(=O)N1CCC(n2ncc3c(N)cccc32)CC1.CC(C)(C)OC(=O)N1CCC(n2ncc3c([N+](=O)[O-])cccc32)CC1. The number of rotatable bonds is 3. The molecule has 14 nitrogen and oxygen atoms in total. The van der Waals surface area contributed by atoms with Gasteiger partial charge in [-0.1, -0.05) is 12.1 Å². The van der Waals surface area contributed by atoms with Crippen LogP contribution in [-0.4, -0.2) is 83.9 Å². The Morgan fingerprint density at radius 2 is 1.17 bits per heavy atom. The number of piperidine rings is 2. The maximum absolute atomic E-state index is 12.1. The van der Waals surface area contributed by atoms with E-state index in [0.29, 0.717) is 31.6 Å². The highest BCUT2D eigenvalue weighted by atomic mass is 16.6. The first-order chi connectivity index (χ1) is 22.6. The van der Waals surface area contributed by atoms with Gasteiger partial charge in [0, 0.05) is 43.3 Å². The van der Waals surface area contributed by atoms with E-state index in [1.165, 1.54) is 6.07 Å². The fourth-order valence-corrected chi connectivity index (χ4v) is 6.13. The second-order valence-electron chi connectivity index (χ2n) is 14.3. The van der Waals surface area contributed by atoms with Crippen LogP contribution in [0, 0.1) is 10.1 Å². The van der Waals surface area contributed by atoms with Gasteiger partial charge in [0.2, 0.25) is 0 Å². The van der Waals surface area contributed by atoms with E-state index in [1.807, 2.05) is 81.4 Å². The number of hydrogen-bond acceptors (Lipinski definition) is 9. The molecule has 258 valence electrons. The minimum atomic E-state index is -0.509. The number of carbonyl (C=O) groups excluding carboxylic acids is 2. The lowest BCUT2D eigenvalue weighted by Crippen LogP contribution is -2.42. The molecule has 2 aromatic carbocycles. The van der Waals surface area contributed by atoms with E-state index in [9.17, 15) is 19.7 Å². The van der Waals surface area contributed by atoms with E-state index in [1.54, 1.807) is 22.1 Å². The molecule has 6 rings (SSSR count). The Balaban J connectivity index is 0.000000188. The highest BCUT2D eigenvalue weighted by molar-refractivity contribution is 5.90. The monoisotopic (exact) mass is 662 g/mol. The molecule has 2 fully saturated rings. The van der Waals surface area contributed by atoms with Crippen LogP contribution in [0.2, 0.25) is 0 Å². The first kappa shape index (κ1) is 34.5. The van der Waals surface area contributed by atoms with Gasteiger partial charge in [-0.25, -0.2) is 9.59 Å². The number of amides is 2. The minimum Gasteiger partial charge on any atom is -0.444 e. The van der Waals surface area contributed by atoms with Crippen molar-refractivity contribution in [2.45, 2.75) is 90.5 Å². The molecule has 2 N–H and O–H groups in total. The average Bonchev–Trinajstić information content (AvgIpc) is 3.65. The minimum absolute atomic E-state index is 0.0648. The number of benzene rings is 2. The zero-order chi connectivity index (χ0) is 34.8. The number of ether oxygens (including phenoxy) is 2. The number of likely N-dealkylation sites (tertiary alicyclic amines) is 2. The molecule has 0 bridgehead atoms. The summed E-state index contributed by atoms with van der Waals surface area (Å²) in [6, 6.07) is 11.3. The number of anilines is 1. The third-order valence-corrected chi connectivity index (χ3v) is 8.41. The number of nitro benzene ring substituents is 1. The zero-order valence-corrected chi connectivity index (χ0v) is 28.6. The van der Waals surface area contributed by atoms with Crippen molar-refractivity contribution in [3.8, 4) is 0 Å². The standard InChI is InChI=1S/C17H22N4O4.C17H24N4O2/c1-17(2,3)25-16(22)19-9-7-12(8-10-19)20-14-5-4-6-15(21(23)24)13(14)11-18-20;1-17(2,3)23-16(22)20-9-7-12(8-10-20)21-15-6-4-5-14(18)13(15)11-19-21/h4-6,11-12H,7-10H2,1-3H3;4-6,11-12H,7-10,18H2,1-3H3. The van der Waals surface area contributed by atoms with E-state index in [2.05, 4.69) is 10.2 Å². The molecule has 4 aromatic rings. The average molecular weight is 663 g/mol. The van der Waals surface area contributed by atoms with E-state index >= 15 is 0 Å². The summed E-state index contributed by atoms with van der Waals surface area (Å²) in [5, 5.41) is 21.6. The third-order valence-electron chi connectivity index (χ3n) is 8.41. The van der Waals surface area contributed by atoms with Gasteiger partial charge in [-0.05, 0) is 85.4 Å². The normalized spacial score (nSPS) is 16.5. The van der Waals surface area contributed by atoms with Crippen LogP contribution < -0.4 is 5.73 Å². The quantitative estimate of drug-likeness (QED) is 0.143. The first-order valence-corrected chi connectivity index (χ1v) is 16.4. The van der Waals surface area contributed by atoms with Crippen molar-refractivity contribution in [3.05, 3.63) is 58.9 Å². The van der Waals surface area contributed by atoms with E-state index < -0.39 is 11.2 Å². The summed E-state index contributed by atoms with van der Waals surface area (Å²) in [5.74, 6) is 0. The molecule has 2 aliphatic heterocycles. The van der Waals surface area contributed by atoms with Gasteiger partial charge in [0.05, 0.1) is 45.8 Å². The molecule has 0 spiro atoms. The Hall–Kier alpha value is -4.88. The molecular formula is C34H46N8O6. The number of carbonyl (C=O) groups is 2. The largest absolute Gasteiger partial charge is 0.444 e. The number of nitrogens with zero attached hydrogens (tertiary/aromatic N) is 7. The van der Waals surface area contributed by atoms with Crippen molar-refractivity contribution in [1.29, 1.82) is 0 Å². The zero-order valence-electron chi connectivity index (χ0n) is 28.6. The number of hydrogen-bond donors (Lipinski definition) is 1. The highest BCUT2D eigenvalue weighted by Gasteiger charge is 2.30. The molecule has 0 saturated carbocycles. The number of non-ortho nitro benzene ring substituents is 1. The maximum atomic E-state index is 12.1. The van der Waals surface area contributed by atoms with Crippen LogP contribution in [-0.2, 0) is 9.47 Å². The maximum Gasteiger partial charge on any atom is 0.410 e. The second-order valence-corrected chi connectivity index (χ2v) is 14.3. The van der Waals surface area contributed by atoms with Crippen molar-refractivity contribution in [1.82, 2.24) is 29.4 Å². The molecule has 2 amide bonds. The number of nitro groups is 1. The topological polar surface area (TPSA) is 164 Å². The van der Waals surface area contributed by atoms with Crippen LogP contribution in [0.3, 0.4) is 0 Å². The van der Waals surface area contributed by atoms with E-state index in [4.69, 9.17) is 15.2 Å². The molecular weight excluding hydrogens is 616 g/mol. The summed E-state index contributed by atoms with van der Waals surface area (Å²) in [6.07, 6.45) is 6.04. The number of nitrogen functional groups attached to an aromatic ring is 1. The van der Waals surface area contributed by atoms with E-state index in [-0.39, 0.29) is 34.9 Å². The molecule has 0 radical (unpaired) electrons. The van der Waals surface area contributed by atoms with Gasteiger partial charge in [0.25, 0.3) is 5.69 Å². The van der Waals surface area contributed by atoms with Crippen LogP contribution in [0.4, 0.5) is 21.0 Å². The predicted molar refractivity (Wildman–Crippen MR) is 183 cm³/mol. The third kappa shape index (κ3) is 7.97. The number of nitrogens with two attached hydrogens (primary N) is 1. The number of aromatic nitrogens is 4. The first-order valence-electron chi connectivity index (χ1n) is 16.4. The summed E-state index contributed by atoms with van der Waals surface area (Å²) in [4.78, 5) is 38.5. The molecule has 2 aliphatic rings. The summed E-state index contributed by atoms with van der Waals surface area (Å²) in [7, 11) is 0. The summed E-state index contributed by atoms with van der Waals surface area (Å²) in [6.45, 7) is 13.7. The van der Waals surface area contributed by atoms with Gasteiger partial charge in [-0.15, -0.1) is 0 Å². The Bertz CT molecular complexity index is 1770. The van der Waals surface area contributed by atoms with Gasteiger partial charge >= 0.3 is 12.2 Å². The fraction of sp³-hybridized carbons (Fsp3) is 0.529. The van der Waals surface area contributed by atoms with Crippen LogP contribution in [0.15, 0.2) is 48.8 Å². The lowest BCUT2D eigenvalue weighted by molar-refractivity contribution is -0.383. The smallest absolute Gasteiger partial charge is 0.410 e. The lowest BCUT2D eigenvalue weighted by Gasteiger charge is -2.33. The van der Waals surface area contributed by atoms with Crippen molar-refractivity contribution < 1.29 is 24.0 Å².